The van der Waals surface area contributed by atoms with Crippen LogP contribution < -0.4 is 5.43 Å². The van der Waals surface area contributed by atoms with Crippen LogP contribution in [0.1, 0.15) is 13.8 Å². The van der Waals surface area contributed by atoms with Crippen LogP contribution in [0, 0.1) is 0 Å². The molecule has 0 aromatic rings. The van der Waals surface area contributed by atoms with Gasteiger partial charge in [0, 0.05) is 23.8 Å². The molecule has 0 amide bonds. The Morgan fingerprint density at radius 3 is 3.09 bits per heavy atom. The minimum Gasteiger partial charge on any atom is -0.358 e. The Bertz CT molecular complexity index is 161. The summed E-state index contributed by atoms with van der Waals surface area (Å²) in [7, 11) is 0. The maximum atomic E-state index is 5.37. The van der Waals surface area contributed by atoms with Crippen LogP contribution in [-0.4, -0.2) is 24.4 Å². The van der Waals surface area contributed by atoms with E-state index in [2.05, 4.69) is 21.4 Å². The van der Waals surface area contributed by atoms with Crippen LogP contribution in [0.2, 0.25) is 0 Å². The van der Waals surface area contributed by atoms with Crippen molar-refractivity contribution in [2.45, 2.75) is 20.1 Å². The molecule has 1 N–H and O–H groups in total. The lowest BCUT2D eigenvalue weighted by atomic mass is 10.6. The van der Waals surface area contributed by atoms with Crippen LogP contribution in [0.25, 0.3) is 0 Å². The van der Waals surface area contributed by atoms with Gasteiger partial charge in [-0.3, -0.25) is 5.01 Å². The van der Waals surface area contributed by atoms with E-state index in [1.807, 2.05) is 25.1 Å². The molecule has 1 aliphatic rings. The molecular weight excluding hydrogens is 208 g/mol. The quantitative estimate of drug-likeness (QED) is 0.780. The molecule has 0 radical (unpaired) electrons. The number of halogens is 1. The van der Waals surface area contributed by atoms with Crippen molar-refractivity contribution in [1.82, 2.24) is 10.4 Å². The van der Waals surface area contributed by atoms with Crippen molar-refractivity contribution >= 4 is 15.9 Å². The Morgan fingerprint density at radius 1 is 1.91 bits per heavy atom. The van der Waals surface area contributed by atoms with Crippen LogP contribution in [0.4, 0.5) is 0 Å². The summed E-state index contributed by atoms with van der Waals surface area (Å²) in [5, 5.41) is 1.95. The largest absolute Gasteiger partial charge is 0.358 e. The second-order valence-corrected chi connectivity index (χ2v) is 3.39. The van der Waals surface area contributed by atoms with E-state index in [4.69, 9.17) is 4.74 Å². The van der Waals surface area contributed by atoms with Gasteiger partial charge in [0.1, 0.15) is 6.23 Å². The first-order valence-electron chi connectivity index (χ1n) is 3.73. The van der Waals surface area contributed by atoms with Crippen LogP contribution in [0.3, 0.4) is 0 Å². The zero-order valence-electron chi connectivity index (χ0n) is 6.80. The molecule has 0 aromatic carbocycles. The third kappa shape index (κ3) is 2.47. The summed E-state index contributed by atoms with van der Waals surface area (Å²) in [5.74, 6) is 0. The Balaban J connectivity index is 2.36. The highest BCUT2D eigenvalue weighted by molar-refractivity contribution is 9.11. The predicted octanol–water partition coefficient (Wildman–Crippen LogP) is 1.43. The van der Waals surface area contributed by atoms with E-state index in [1.165, 1.54) is 0 Å². The molecule has 11 heavy (non-hydrogen) atoms. The lowest BCUT2D eigenvalue weighted by Gasteiger charge is -2.23. The van der Waals surface area contributed by atoms with E-state index in [0.29, 0.717) is 0 Å². The lowest BCUT2D eigenvalue weighted by Crippen LogP contribution is -2.38. The van der Waals surface area contributed by atoms with Crippen molar-refractivity contribution in [3.05, 3.63) is 10.7 Å². The smallest absolute Gasteiger partial charge is 0.140 e. The van der Waals surface area contributed by atoms with Crippen molar-refractivity contribution in [3.8, 4) is 0 Å². The molecular formula is C7H13BrN2O. The molecule has 0 spiro atoms. The summed E-state index contributed by atoms with van der Waals surface area (Å²) in [6, 6.07) is 0. The topological polar surface area (TPSA) is 24.5 Å². The number of nitrogens with one attached hydrogen (secondary N) is 1. The van der Waals surface area contributed by atoms with E-state index in [9.17, 15) is 0 Å². The van der Waals surface area contributed by atoms with Gasteiger partial charge in [-0.25, -0.2) is 5.43 Å². The van der Waals surface area contributed by atoms with Crippen molar-refractivity contribution < 1.29 is 4.74 Å². The molecule has 1 heterocycles. The van der Waals surface area contributed by atoms with Gasteiger partial charge < -0.3 is 4.74 Å². The van der Waals surface area contributed by atoms with Gasteiger partial charge in [0.2, 0.25) is 0 Å². The van der Waals surface area contributed by atoms with Crippen molar-refractivity contribution in [2.75, 3.05) is 13.2 Å². The number of hydrazine groups is 1. The SMILES string of the molecule is CCOC(C)N1C=C(Br)CN1. The molecule has 64 valence electrons. The van der Waals surface area contributed by atoms with Gasteiger partial charge >= 0.3 is 0 Å². The van der Waals surface area contributed by atoms with E-state index in [-0.39, 0.29) is 6.23 Å². The minimum atomic E-state index is 0.107. The standard InChI is InChI=1S/C7H13BrN2O/c1-3-11-6(2)10-5-7(8)4-9-10/h5-6,9H,3-4H2,1-2H3. The molecule has 3 nitrogen and oxygen atoms in total. The molecule has 0 fully saturated rings. The Morgan fingerprint density at radius 2 is 2.64 bits per heavy atom. The van der Waals surface area contributed by atoms with Crippen LogP contribution in [-0.2, 0) is 4.74 Å². The minimum absolute atomic E-state index is 0.107. The Labute approximate surface area is 75.5 Å². The molecule has 0 aromatic heterocycles. The summed E-state index contributed by atoms with van der Waals surface area (Å²) in [6.07, 6.45) is 2.11. The maximum Gasteiger partial charge on any atom is 0.140 e. The zero-order valence-corrected chi connectivity index (χ0v) is 8.39. The fourth-order valence-corrected chi connectivity index (χ4v) is 1.31. The van der Waals surface area contributed by atoms with E-state index in [0.717, 1.165) is 17.6 Å². The number of rotatable bonds is 3. The zero-order chi connectivity index (χ0) is 8.27. The first-order valence-corrected chi connectivity index (χ1v) is 4.53. The maximum absolute atomic E-state index is 5.37. The predicted molar refractivity (Wildman–Crippen MR) is 47.9 cm³/mol. The first kappa shape index (κ1) is 9.03. The molecule has 1 atom stereocenters. The Hall–Kier alpha value is -0.0600. The summed E-state index contributed by atoms with van der Waals surface area (Å²) < 4.78 is 6.53. The Kier molecular flexibility index (Phi) is 3.36. The highest BCUT2D eigenvalue weighted by atomic mass is 79.9. The highest BCUT2D eigenvalue weighted by Crippen LogP contribution is 2.13. The number of hydrogen-bond acceptors (Lipinski definition) is 3. The van der Waals surface area contributed by atoms with Gasteiger partial charge in [-0.1, -0.05) is 15.9 Å². The highest BCUT2D eigenvalue weighted by Gasteiger charge is 2.14. The fraction of sp³-hybridized carbons (Fsp3) is 0.714. The first-order chi connectivity index (χ1) is 5.24. The monoisotopic (exact) mass is 220 g/mol. The third-order valence-electron chi connectivity index (χ3n) is 1.51. The molecule has 1 unspecified atom stereocenters. The summed E-state index contributed by atoms with van der Waals surface area (Å²) in [6.45, 7) is 5.60. The van der Waals surface area contributed by atoms with E-state index >= 15 is 0 Å². The average molecular weight is 221 g/mol. The van der Waals surface area contributed by atoms with E-state index in [1.54, 1.807) is 0 Å². The van der Waals surface area contributed by atoms with Crippen LogP contribution >= 0.6 is 15.9 Å². The molecule has 1 rings (SSSR count). The fourth-order valence-electron chi connectivity index (χ4n) is 0.964. The molecule has 0 saturated carbocycles. The van der Waals surface area contributed by atoms with Crippen molar-refractivity contribution in [2.24, 2.45) is 0 Å². The molecule has 0 aliphatic carbocycles. The average Bonchev–Trinajstić information content (AvgIpc) is 2.36. The van der Waals surface area contributed by atoms with Crippen molar-refractivity contribution in [3.63, 3.8) is 0 Å². The van der Waals surface area contributed by atoms with Crippen molar-refractivity contribution in [1.29, 1.82) is 0 Å². The number of nitrogens with zero attached hydrogens (tertiary/aromatic N) is 1. The normalized spacial score (nSPS) is 20.3. The van der Waals surface area contributed by atoms with Gasteiger partial charge in [0.25, 0.3) is 0 Å². The van der Waals surface area contributed by atoms with E-state index < -0.39 is 0 Å². The second kappa shape index (κ2) is 4.09. The summed E-state index contributed by atoms with van der Waals surface area (Å²) in [4.78, 5) is 0. The lowest BCUT2D eigenvalue weighted by molar-refractivity contribution is -0.0346. The number of ether oxygens (including phenoxy) is 1. The van der Waals surface area contributed by atoms with Gasteiger partial charge in [-0.15, -0.1) is 0 Å². The summed E-state index contributed by atoms with van der Waals surface area (Å²) in [5.41, 5.74) is 3.16. The van der Waals surface area contributed by atoms with Gasteiger partial charge in [-0.2, -0.15) is 0 Å². The van der Waals surface area contributed by atoms with Crippen LogP contribution in [0.15, 0.2) is 10.7 Å². The molecule has 4 heteroatoms. The van der Waals surface area contributed by atoms with Gasteiger partial charge in [-0.05, 0) is 13.8 Å². The molecule has 1 aliphatic heterocycles. The third-order valence-corrected chi connectivity index (χ3v) is 1.99. The second-order valence-electron chi connectivity index (χ2n) is 2.37. The van der Waals surface area contributed by atoms with Gasteiger partial charge in [0.05, 0.1) is 0 Å². The molecule has 0 bridgehead atoms. The summed E-state index contributed by atoms with van der Waals surface area (Å²) >= 11 is 3.40. The molecule has 0 saturated heterocycles. The van der Waals surface area contributed by atoms with Gasteiger partial charge in [0.15, 0.2) is 0 Å². The van der Waals surface area contributed by atoms with Crippen LogP contribution in [0.5, 0.6) is 0 Å². The number of hydrogen-bond donors (Lipinski definition) is 1.